The second kappa shape index (κ2) is 4.81. The molecular weight excluding hydrogens is 202 g/mol. The monoisotopic (exact) mass is 217 g/mol. The molecule has 1 heterocycles. The van der Waals surface area contributed by atoms with Crippen LogP contribution in [0.5, 0.6) is 0 Å². The van der Waals surface area contributed by atoms with Gasteiger partial charge in [0.15, 0.2) is 5.03 Å². The molecule has 1 aliphatic heterocycles. The van der Waals surface area contributed by atoms with Crippen molar-refractivity contribution >= 4 is 6.09 Å². The second-order valence-electron chi connectivity index (χ2n) is 3.61. The molecular formula is C8H15N3O4. The summed E-state index contributed by atoms with van der Waals surface area (Å²) in [4.78, 5) is 23.3. The molecule has 0 unspecified atom stereocenters. The highest BCUT2D eigenvalue weighted by Crippen LogP contribution is 2.04. The fourth-order valence-electron chi connectivity index (χ4n) is 1.32. The maximum absolute atomic E-state index is 11.4. The summed E-state index contributed by atoms with van der Waals surface area (Å²) in [5, 5.41) is 11.1. The van der Waals surface area contributed by atoms with Gasteiger partial charge >= 0.3 is 6.09 Å². The first-order valence-corrected chi connectivity index (χ1v) is 4.85. The van der Waals surface area contributed by atoms with E-state index in [0.29, 0.717) is 13.1 Å². The summed E-state index contributed by atoms with van der Waals surface area (Å²) >= 11 is 0. The topological polar surface area (TPSA) is 75.9 Å². The van der Waals surface area contributed by atoms with Gasteiger partial charge in [-0.1, -0.05) is 0 Å². The Morgan fingerprint density at radius 2 is 1.87 bits per heavy atom. The Morgan fingerprint density at radius 1 is 1.33 bits per heavy atom. The Balaban J connectivity index is 2.37. The van der Waals surface area contributed by atoms with Gasteiger partial charge in [-0.05, 0) is 13.8 Å². The van der Waals surface area contributed by atoms with Gasteiger partial charge in [0.2, 0.25) is 0 Å². The minimum atomic E-state index is -0.439. The van der Waals surface area contributed by atoms with Gasteiger partial charge in [0.25, 0.3) is 0 Å². The molecule has 1 fully saturated rings. The minimum absolute atomic E-state index is 0.161. The van der Waals surface area contributed by atoms with Gasteiger partial charge in [-0.2, -0.15) is 0 Å². The Morgan fingerprint density at radius 3 is 2.27 bits per heavy atom. The highest BCUT2D eigenvalue weighted by Gasteiger charge is 2.26. The number of hydrogen-bond acceptors (Lipinski definition) is 4. The van der Waals surface area contributed by atoms with E-state index in [2.05, 4.69) is 0 Å². The van der Waals surface area contributed by atoms with E-state index in [1.807, 2.05) is 0 Å². The predicted octanol–water partition coefficient (Wildman–Crippen LogP) is 0.341. The maximum Gasteiger partial charge on any atom is 0.410 e. The molecule has 0 spiro atoms. The van der Waals surface area contributed by atoms with Crippen LogP contribution in [0.4, 0.5) is 4.79 Å². The summed E-state index contributed by atoms with van der Waals surface area (Å²) in [7, 11) is 0. The van der Waals surface area contributed by atoms with Crippen LogP contribution < -0.4 is 0 Å². The number of carbonyl (C=O) groups excluding carboxylic acids is 1. The molecule has 0 saturated carbocycles. The number of rotatable bonds is 2. The van der Waals surface area contributed by atoms with Crippen molar-refractivity contribution in [3.05, 3.63) is 10.1 Å². The molecule has 1 amide bonds. The molecule has 0 bridgehead atoms. The van der Waals surface area contributed by atoms with Crippen LogP contribution in [0, 0.1) is 10.1 Å². The van der Waals surface area contributed by atoms with E-state index in [1.165, 1.54) is 4.90 Å². The third-order valence-electron chi connectivity index (χ3n) is 2.08. The Bertz CT molecular complexity index is 248. The lowest BCUT2D eigenvalue weighted by Crippen LogP contribution is -2.50. The molecule has 1 saturated heterocycles. The van der Waals surface area contributed by atoms with Gasteiger partial charge in [-0.25, -0.2) is 14.9 Å². The van der Waals surface area contributed by atoms with Crippen LogP contribution in [0.1, 0.15) is 13.8 Å². The van der Waals surface area contributed by atoms with Crippen molar-refractivity contribution in [1.29, 1.82) is 0 Å². The summed E-state index contributed by atoms with van der Waals surface area (Å²) in [6.07, 6.45) is -0.556. The average molecular weight is 217 g/mol. The van der Waals surface area contributed by atoms with Crippen molar-refractivity contribution in [1.82, 2.24) is 9.91 Å². The zero-order valence-electron chi connectivity index (χ0n) is 8.88. The molecule has 0 aromatic heterocycles. The van der Waals surface area contributed by atoms with Crippen molar-refractivity contribution in [2.24, 2.45) is 0 Å². The lowest BCUT2D eigenvalue weighted by atomic mass is 10.4. The number of hydrazine groups is 1. The third kappa shape index (κ3) is 3.26. The summed E-state index contributed by atoms with van der Waals surface area (Å²) in [5.74, 6) is 0. The highest BCUT2D eigenvalue weighted by atomic mass is 16.7. The summed E-state index contributed by atoms with van der Waals surface area (Å²) in [5.41, 5.74) is 0. The number of nitrogens with zero attached hydrogens (tertiary/aromatic N) is 3. The van der Waals surface area contributed by atoms with Gasteiger partial charge < -0.3 is 9.64 Å². The standard InChI is InChI=1S/C8H15N3O4/c1-7(2)15-8(12)9-3-5-10(6-4-9)11(13)14/h7H,3-6H2,1-2H3. The first-order chi connectivity index (χ1) is 7.00. The van der Waals surface area contributed by atoms with Crippen molar-refractivity contribution in [3.63, 3.8) is 0 Å². The van der Waals surface area contributed by atoms with Gasteiger partial charge in [0, 0.05) is 13.1 Å². The lowest BCUT2D eigenvalue weighted by Gasteiger charge is -2.29. The lowest BCUT2D eigenvalue weighted by molar-refractivity contribution is -0.657. The minimum Gasteiger partial charge on any atom is -0.447 e. The smallest absolute Gasteiger partial charge is 0.410 e. The molecule has 1 rings (SSSR count). The number of nitro groups is 1. The van der Waals surface area contributed by atoms with E-state index in [1.54, 1.807) is 13.8 Å². The zero-order valence-corrected chi connectivity index (χ0v) is 8.88. The first kappa shape index (κ1) is 11.5. The normalized spacial score (nSPS) is 16.7. The molecule has 0 aliphatic carbocycles. The molecule has 0 N–H and O–H groups in total. The van der Waals surface area contributed by atoms with Gasteiger partial charge in [-0.3, -0.25) is 0 Å². The summed E-state index contributed by atoms with van der Waals surface area (Å²) in [6, 6.07) is 0. The SMILES string of the molecule is CC(C)OC(=O)N1CCN([N+](=O)[O-])CC1. The quantitative estimate of drug-likeness (QED) is 0.492. The van der Waals surface area contributed by atoms with Crippen LogP contribution in [-0.2, 0) is 4.74 Å². The number of hydrogen-bond donors (Lipinski definition) is 0. The van der Waals surface area contributed by atoms with Crippen LogP contribution in [0.25, 0.3) is 0 Å². The Labute approximate surface area is 87.7 Å². The van der Waals surface area contributed by atoms with Crippen molar-refractivity contribution in [3.8, 4) is 0 Å². The molecule has 0 aromatic rings. The highest BCUT2D eigenvalue weighted by molar-refractivity contribution is 5.67. The van der Waals surface area contributed by atoms with Crippen molar-refractivity contribution in [2.75, 3.05) is 26.2 Å². The average Bonchev–Trinajstić information content (AvgIpc) is 2.17. The second-order valence-corrected chi connectivity index (χ2v) is 3.61. The largest absolute Gasteiger partial charge is 0.447 e. The third-order valence-corrected chi connectivity index (χ3v) is 2.08. The fourth-order valence-corrected chi connectivity index (χ4v) is 1.32. The number of carbonyl (C=O) groups is 1. The van der Waals surface area contributed by atoms with E-state index in [-0.39, 0.29) is 19.2 Å². The molecule has 7 heteroatoms. The van der Waals surface area contributed by atoms with Gasteiger partial charge in [0.1, 0.15) is 0 Å². The molecule has 86 valence electrons. The van der Waals surface area contributed by atoms with Crippen LogP contribution in [-0.4, -0.2) is 53.3 Å². The van der Waals surface area contributed by atoms with Crippen LogP contribution in [0.3, 0.4) is 0 Å². The van der Waals surface area contributed by atoms with Crippen LogP contribution in [0.2, 0.25) is 0 Å². The van der Waals surface area contributed by atoms with E-state index in [4.69, 9.17) is 4.74 Å². The molecule has 0 radical (unpaired) electrons. The summed E-state index contributed by atoms with van der Waals surface area (Å²) < 4.78 is 4.98. The molecule has 0 atom stereocenters. The first-order valence-electron chi connectivity index (χ1n) is 4.85. The maximum atomic E-state index is 11.4. The van der Waals surface area contributed by atoms with Crippen LogP contribution >= 0.6 is 0 Å². The van der Waals surface area contributed by atoms with E-state index < -0.39 is 11.1 Å². The zero-order chi connectivity index (χ0) is 11.4. The van der Waals surface area contributed by atoms with E-state index in [0.717, 1.165) is 5.01 Å². The van der Waals surface area contributed by atoms with Crippen LogP contribution in [0.15, 0.2) is 0 Å². The van der Waals surface area contributed by atoms with E-state index in [9.17, 15) is 14.9 Å². The molecule has 7 nitrogen and oxygen atoms in total. The summed E-state index contributed by atoms with van der Waals surface area (Å²) in [6.45, 7) is 4.72. The van der Waals surface area contributed by atoms with E-state index >= 15 is 0 Å². The number of amides is 1. The number of piperazine rings is 1. The van der Waals surface area contributed by atoms with Crippen molar-refractivity contribution < 1.29 is 14.6 Å². The Kier molecular flexibility index (Phi) is 3.70. The fraction of sp³-hybridized carbons (Fsp3) is 0.875. The predicted molar refractivity (Wildman–Crippen MR) is 51.8 cm³/mol. The van der Waals surface area contributed by atoms with Gasteiger partial charge in [-0.15, -0.1) is 5.01 Å². The number of ether oxygens (including phenoxy) is 1. The Hall–Kier alpha value is -1.53. The van der Waals surface area contributed by atoms with Gasteiger partial charge in [0.05, 0.1) is 19.2 Å². The molecule has 15 heavy (non-hydrogen) atoms. The molecule has 0 aromatic carbocycles. The van der Waals surface area contributed by atoms with Crippen molar-refractivity contribution in [2.45, 2.75) is 20.0 Å². The molecule has 1 aliphatic rings.